The van der Waals surface area contributed by atoms with Gasteiger partial charge in [0.2, 0.25) is 0 Å². The van der Waals surface area contributed by atoms with Crippen molar-refractivity contribution in [3.05, 3.63) is 28.2 Å². The van der Waals surface area contributed by atoms with Crippen molar-refractivity contribution in [2.45, 2.75) is 45.6 Å². The van der Waals surface area contributed by atoms with E-state index < -0.39 is 0 Å². The lowest BCUT2D eigenvalue weighted by Gasteiger charge is -2.29. The normalized spacial score (nSPS) is 16.4. The molecule has 3 nitrogen and oxygen atoms in total. The van der Waals surface area contributed by atoms with Crippen molar-refractivity contribution < 1.29 is 0 Å². The molecule has 0 aliphatic heterocycles. The van der Waals surface area contributed by atoms with E-state index in [1.807, 2.05) is 10.6 Å². The smallest absolute Gasteiger partial charge is 0.252 e. The molecule has 0 unspecified atom stereocenters. The molecule has 0 spiro atoms. The zero-order valence-corrected chi connectivity index (χ0v) is 10.1. The maximum Gasteiger partial charge on any atom is 0.252 e. The summed E-state index contributed by atoms with van der Waals surface area (Å²) in [6.07, 6.45) is 3.66. The lowest BCUT2D eigenvalue weighted by Crippen LogP contribution is -2.28. The molecule has 0 amide bonds. The Morgan fingerprint density at radius 2 is 2.12 bits per heavy atom. The average Bonchev–Trinajstić information content (AvgIpc) is 2.07. The molecule has 1 aromatic heterocycles. The van der Waals surface area contributed by atoms with Gasteiger partial charge in [0.1, 0.15) is 0 Å². The molecule has 1 aromatic rings. The summed E-state index contributed by atoms with van der Waals surface area (Å²) in [5.41, 5.74) is 7.56. The van der Waals surface area contributed by atoms with Gasteiger partial charge in [-0.15, -0.1) is 0 Å². The number of nitrogen functional groups attached to an aromatic ring is 1. The van der Waals surface area contributed by atoms with Crippen LogP contribution in [0, 0.1) is 5.92 Å². The van der Waals surface area contributed by atoms with Crippen LogP contribution in [0.3, 0.4) is 0 Å². The fourth-order valence-corrected chi connectivity index (χ4v) is 2.24. The van der Waals surface area contributed by atoms with Crippen molar-refractivity contribution in [2.24, 2.45) is 5.92 Å². The molecule has 1 fully saturated rings. The molecular formula is C13H20N2O. The maximum absolute atomic E-state index is 11.9. The van der Waals surface area contributed by atoms with E-state index >= 15 is 0 Å². The van der Waals surface area contributed by atoms with E-state index in [4.69, 9.17) is 5.73 Å². The first-order valence-corrected chi connectivity index (χ1v) is 6.08. The van der Waals surface area contributed by atoms with Gasteiger partial charge in [0.15, 0.2) is 0 Å². The molecule has 1 saturated carbocycles. The molecule has 0 saturated heterocycles. The van der Waals surface area contributed by atoms with Crippen LogP contribution in [0.2, 0.25) is 0 Å². The van der Waals surface area contributed by atoms with Crippen molar-refractivity contribution in [3.8, 4) is 0 Å². The maximum atomic E-state index is 11.9. The van der Waals surface area contributed by atoms with Gasteiger partial charge in [0.05, 0.1) is 0 Å². The van der Waals surface area contributed by atoms with Gasteiger partial charge in [0, 0.05) is 24.0 Å². The monoisotopic (exact) mass is 220 g/mol. The van der Waals surface area contributed by atoms with Crippen LogP contribution in [0.25, 0.3) is 0 Å². The van der Waals surface area contributed by atoms with Crippen LogP contribution in [0.15, 0.2) is 16.9 Å². The van der Waals surface area contributed by atoms with Gasteiger partial charge < -0.3 is 10.3 Å². The van der Waals surface area contributed by atoms with Gasteiger partial charge in [-0.05, 0) is 30.7 Å². The minimum absolute atomic E-state index is 0.0515. The number of nitrogens with two attached hydrogens (primary N) is 1. The second kappa shape index (κ2) is 4.32. The third kappa shape index (κ3) is 2.13. The molecular weight excluding hydrogens is 200 g/mol. The summed E-state index contributed by atoms with van der Waals surface area (Å²) in [4.78, 5) is 11.9. The van der Waals surface area contributed by atoms with Gasteiger partial charge >= 0.3 is 0 Å². The third-order valence-corrected chi connectivity index (χ3v) is 3.25. The van der Waals surface area contributed by atoms with Crippen molar-refractivity contribution in [1.29, 1.82) is 0 Å². The van der Waals surface area contributed by atoms with E-state index in [-0.39, 0.29) is 5.56 Å². The highest BCUT2D eigenvalue weighted by molar-refractivity contribution is 5.39. The van der Waals surface area contributed by atoms with E-state index in [9.17, 15) is 4.79 Å². The van der Waals surface area contributed by atoms with E-state index in [0.717, 1.165) is 12.2 Å². The summed E-state index contributed by atoms with van der Waals surface area (Å²) >= 11 is 0. The van der Waals surface area contributed by atoms with Crippen LogP contribution in [0.4, 0.5) is 5.69 Å². The molecule has 3 heteroatoms. The largest absolute Gasteiger partial charge is 0.399 e. The number of nitrogens with zero attached hydrogens (tertiary/aromatic N) is 1. The van der Waals surface area contributed by atoms with Crippen molar-refractivity contribution in [1.82, 2.24) is 4.57 Å². The van der Waals surface area contributed by atoms with Crippen molar-refractivity contribution >= 4 is 5.69 Å². The van der Waals surface area contributed by atoms with Gasteiger partial charge in [-0.2, -0.15) is 0 Å². The number of pyridine rings is 1. The molecule has 88 valence electrons. The summed E-state index contributed by atoms with van der Waals surface area (Å²) in [6.45, 7) is 5.06. The standard InChI is InChI=1S/C13H20N2O/c1-9(2)8-15-12(10-4-3-5-10)6-11(14)7-13(15)16/h6-7,9-10H,3-5,8,14H2,1-2H3. The molecule has 0 bridgehead atoms. The van der Waals surface area contributed by atoms with Crippen LogP contribution in [-0.2, 0) is 6.54 Å². The Morgan fingerprint density at radius 3 is 2.62 bits per heavy atom. The molecule has 1 heterocycles. The molecule has 2 rings (SSSR count). The number of aromatic nitrogens is 1. The van der Waals surface area contributed by atoms with E-state index in [2.05, 4.69) is 13.8 Å². The van der Waals surface area contributed by atoms with Crippen LogP contribution in [0.5, 0.6) is 0 Å². The Hall–Kier alpha value is -1.25. The summed E-state index contributed by atoms with van der Waals surface area (Å²) in [6, 6.07) is 3.51. The van der Waals surface area contributed by atoms with Crippen LogP contribution in [-0.4, -0.2) is 4.57 Å². The topological polar surface area (TPSA) is 48.0 Å². The van der Waals surface area contributed by atoms with Crippen LogP contribution in [0.1, 0.15) is 44.7 Å². The molecule has 0 radical (unpaired) electrons. The fraction of sp³-hybridized carbons (Fsp3) is 0.615. The zero-order chi connectivity index (χ0) is 11.7. The predicted molar refractivity (Wildman–Crippen MR) is 66.5 cm³/mol. The van der Waals surface area contributed by atoms with Gasteiger partial charge in [-0.1, -0.05) is 20.3 Å². The first-order valence-electron chi connectivity index (χ1n) is 6.08. The van der Waals surface area contributed by atoms with Crippen molar-refractivity contribution in [2.75, 3.05) is 5.73 Å². The van der Waals surface area contributed by atoms with Crippen molar-refractivity contribution in [3.63, 3.8) is 0 Å². The average molecular weight is 220 g/mol. The Bertz CT molecular complexity index is 430. The minimum atomic E-state index is 0.0515. The molecule has 2 N–H and O–H groups in total. The van der Waals surface area contributed by atoms with E-state index in [0.29, 0.717) is 17.5 Å². The Kier molecular flexibility index (Phi) is 3.03. The minimum Gasteiger partial charge on any atom is -0.399 e. The van der Waals surface area contributed by atoms with Crippen LogP contribution < -0.4 is 11.3 Å². The predicted octanol–water partition coefficient (Wildman–Crippen LogP) is 2.35. The number of hydrogen-bond donors (Lipinski definition) is 1. The second-order valence-electron chi connectivity index (χ2n) is 5.18. The first-order chi connectivity index (χ1) is 7.58. The third-order valence-electron chi connectivity index (χ3n) is 3.25. The quantitative estimate of drug-likeness (QED) is 0.850. The molecule has 16 heavy (non-hydrogen) atoms. The van der Waals surface area contributed by atoms with Gasteiger partial charge in [-0.25, -0.2) is 0 Å². The number of rotatable bonds is 3. The fourth-order valence-electron chi connectivity index (χ4n) is 2.24. The van der Waals surface area contributed by atoms with E-state index in [1.165, 1.54) is 25.3 Å². The molecule has 1 aliphatic rings. The first kappa shape index (κ1) is 11.2. The van der Waals surface area contributed by atoms with Gasteiger partial charge in [-0.3, -0.25) is 4.79 Å². The lowest BCUT2D eigenvalue weighted by molar-refractivity contribution is 0.379. The SMILES string of the molecule is CC(C)Cn1c(C2CCC2)cc(N)cc1=O. The zero-order valence-electron chi connectivity index (χ0n) is 10.1. The van der Waals surface area contributed by atoms with Gasteiger partial charge in [0.25, 0.3) is 5.56 Å². The lowest BCUT2D eigenvalue weighted by atomic mass is 9.82. The molecule has 1 aliphatic carbocycles. The summed E-state index contributed by atoms with van der Waals surface area (Å²) in [5, 5.41) is 0. The molecule has 0 atom stereocenters. The number of anilines is 1. The Balaban J connectivity index is 2.42. The Labute approximate surface area is 96.3 Å². The number of hydrogen-bond acceptors (Lipinski definition) is 2. The van der Waals surface area contributed by atoms with E-state index in [1.54, 1.807) is 0 Å². The molecule has 0 aromatic carbocycles. The highest BCUT2D eigenvalue weighted by Crippen LogP contribution is 2.36. The van der Waals surface area contributed by atoms with Crippen LogP contribution >= 0.6 is 0 Å². The Morgan fingerprint density at radius 1 is 1.44 bits per heavy atom. The highest BCUT2D eigenvalue weighted by atomic mass is 16.1. The summed E-state index contributed by atoms with van der Waals surface area (Å²) in [5.74, 6) is 1.04. The summed E-state index contributed by atoms with van der Waals surface area (Å²) in [7, 11) is 0. The summed E-state index contributed by atoms with van der Waals surface area (Å²) < 4.78 is 1.91. The second-order valence-corrected chi connectivity index (χ2v) is 5.18. The highest BCUT2D eigenvalue weighted by Gasteiger charge is 2.23.